The number of anilines is 1. The Bertz CT molecular complexity index is 338. The third kappa shape index (κ3) is 3.51. The third-order valence-corrected chi connectivity index (χ3v) is 2.34. The number of carbonyl (C=O) groups excluding carboxylic acids is 1. The van der Waals surface area contributed by atoms with Crippen molar-refractivity contribution in [3.63, 3.8) is 0 Å². The lowest BCUT2D eigenvalue weighted by atomic mass is 10.3. The fourth-order valence-electron chi connectivity index (χ4n) is 1.24. The Morgan fingerprint density at radius 3 is 2.81 bits per heavy atom. The Labute approximate surface area is 95.1 Å². The molecule has 0 aliphatic carbocycles. The van der Waals surface area contributed by atoms with Crippen LogP contribution in [-0.2, 0) is 11.4 Å². The molecule has 0 aliphatic rings. The van der Waals surface area contributed by atoms with Gasteiger partial charge in [0.05, 0.1) is 6.61 Å². The topological polar surface area (TPSA) is 65.5 Å². The standard InChI is InChI=1S/C11H17N3O2/c1-12-11(16)5-6-14(2)10-4-3-9(8-15)7-13-10/h3-4,7,15H,5-6,8H2,1-2H3,(H,12,16). The number of amides is 1. The summed E-state index contributed by atoms with van der Waals surface area (Å²) < 4.78 is 0. The van der Waals surface area contributed by atoms with Crippen LogP contribution in [0.1, 0.15) is 12.0 Å². The van der Waals surface area contributed by atoms with Crippen molar-refractivity contribution in [2.75, 3.05) is 25.5 Å². The lowest BCUT2D eigenvalue weighted by Gasteiger charge is -2.17. The number of aliphatic hydroxyl groups excluding tert-OH is 1. The SMILES string of the molecule is CNC(=O)CCN(C)c1ccc(CO)cn1. The smallest absolute Gasteiger partial charge is 0.221 e. The van der Waals surface area contributed by atoms with E-state index in [1.807, 2.05) is 24.1 Å². The lowest BCUT2D eigenvalue weighted by molar-refractivity contribution is -0.120. The number of nitrogens with zero attached hydrogens (tertiary/aromatic N) is 2. The molecule has 1 rings (SSSR count). The van der Waals surface area contributed by atoms with Crippen LogP contribution in [0.2, 0.25) is 0 Å². The number of aliphatic hydroxyl groups is 1. The quantitative estimate of drug-likeness (QED) is 0.745. The van der Waals surface area contributed by atoms with Crippen molar-refractivity contribution < 1.29 is 9.90 Å². The third-order valence-electron chi connectivity index (χ3n) is 2.34. The predicted molar refractivity (Wildman–Crippen MR) is 62.1 cm³/mol. The normalized spacial score (nSPS) is 9.94. The van der Waals surface area contributed by atoms with Crippen LogP contribution >= 0.6 is 0 Å². The Hall–Kier alpha value is -1.62. The summed E-state index contributed by atoms with van der Waals surface area (Å²) in [4.78, 5) is 17.1. The van der Waals surface area contributed by atoms with Gasteiger partial charge in [-0.3, -0.25) is 4.79 Å². The van der Waals surface area contributed by atoms with Gasteiger partial charge in [-0.05, 0) is 11.6 Å². The minimum atomic E-state index is -0.00473. The molecule has 0 saturated heterocycles. The summed E-state index contributed by atoms with van der Waals surface area (Å²) >= 11 is 0. The molecule has 2 N–H and O–H groups in total. The van der Waals surface area contributed by atoms with Crippen LogP contribution in [0, 0.1) is 0 Å². The first-order valence-electron chi connectivity index (χ1n) is 5.15. The average Bonchev–Trinajstić information content (AvgIpc) is 2.35. The molecule has 88 valence electrons. The van der Waals surface area contributed by atoms with Gasteiger partial charge in [0.25, 0.3) is 0 Å². The van der Waals surface area contributed by atoms with E-state index in [9.17, 15) is 4.79 Å². The highest BCUT2D eigenvalue weighted by atomic mass is 16.3. The van der Waals surface area contributed by atoms with Crippen molar-refractivity contribution in [1.29, 1.82) is 0 Å². The molecule has 1 amide bonds. The van der Waals surface area contributed by atoms with Crippen molar-refractivity contribution in [3.05, 3.63) is 23.9 Å². The molecule has 0 spiro atoms. The minimum Gasteiger partial charge on any atom is -0.392 e. The van der Waals surface area contributed by atoms with E-state index in [1.54, 1.807) is 13.2 Å². The van der Waals surface area contributed by atoms with Crippen molar-refractivity contribution in [2.24, 2.45) is 0 Å². The van der Waals surface area contributed by atoms with Crippen molar-refractivity contribution >= 4 is 11.7 Å². The van der Waals surface area contributed by atoms with Gasteiger partial charge in [-0.2, -0.15) is 0 Å². The molecule has 0 atom stereocenters. The molecule has 1 aromatic heterocycles. The largest absolute Gasteiger partial charge is 0.392 e. The molecule has 0 unspecified atom stereocenters. The summed E-state index contributed by atoms with van der Waals surface area (Å²) in [5, 5.41) is 11.4. The van der Waals surface area contributed by atoms with E-state index >= 15 is 0 Å². The average molecular weight is 223 g/mol. The molecule has 0 radical (unpaired) electrons. The zero-order valence-electron chi connectivity index (χ0n) is 9.60. The van der Waals surface area contributed by atoms with E-state index in [0.29, 0.717) is 13.0 Å². The van der Waals surface area contributed by atoms with Crippen LogP contribution in [0.5, 0.6) is 0 Å². The second-order valence-corrected chi connectivity index (χ2v) is 3.53. The maximum absolute atomic E-state index is 11.1. The number of carbonyl (C=O) groups is 1. The number of rotatable bonds is 5. The molecule has 0 fully saturated rings. The zero-order chi connectivity index (χ0) is 12.0. The number of nitrogens with one attached hydrogen (secondary N) is 1. The molecule has 1 heterocycles. The van der Waals surface area contributed by atoms with Crippen LogP contribution in [0.15, 0.2) is 18.3 Å². The Balaban J connectivity index is 2.52. The second kappa shape index (κ2) is 6.07. The van der Waals surface area contributed by atoms with Gasteiger partial charge in [0.1, 0.15) is 5.82 Å². The van der Waals surface area contributed by atoms with E-state index in [0.717, 1.165) is 11.4 Å². The monoisotopic (exact) mass is 223 g/mol. The molecule has 0 saturated carbocycles. The Morgan fingerprint density at radius 1 is 1.56 bits per heavy atom. The molecule has 1 aromatic rings. The fourth-order valence-corrected chi connectivity index (χ4v) is 1.24. The van der Waals surface area contributed by atoms with Gasteiger partial charge < -0.3 is 15.3 Å². The van der Waals surface area contributed by atoms with Crippen LogP contribution in [0.4, 0.5) is 5.82 Å². The van der Waals surface area contributed by atoms with E-state index in [4.69, 9.17) is 5.11 Å². The van der Waals surface area contributed by atoms with Gasteiger partial charge in [0, 0.05) is 33.3 Å². The zero-order valence-corrected chi connectivity index (χ0v) is 9.60. The Morgan fingerprint density at radius 2 is 2.31 bits per heavy atom. The summed E-state index contributed by atoms with van der Waals surface area (Å²) in [5.41, 5.74) is 0.781. The van der Waals surface area contributed by atoms with Gasteiger partial charge in [-0.1, -0.05) is 6.07 Å². The van der Waals surface area contributed by atoms with Crippen LogP contribution in [0.25, 0.3) is 0 Å². The van der Waals surface area contributed by atoms with Gasteiger partial charge in [-0.15, -0.1) is 0 Å². The second-order valence-electron chi connectivity index (χ2n) is 3.53. The summed E-state index contributed by atoms with van der Waals surface area (Å²) in [7, 11) is 3.50. The van der Waals surface area contributed by atoms with Crippen LogP contribution in [0.3, 0.4) is 0 Å². The molecule has 0 aromatic carbocycles. The maximum atomic E-state index is 11.1. The maximum Gasteiger partial charge on any atom is 0.221 e. The van der Waals surface area contributed by atoms with Crippen molar-refractivity contribution in [3.8, 4) is 0 Å². The number of pyridine rings is 1. The molecule has 0 aliphatic heterocycles. The van der Waals surface area contributed by atoms with E-state index in [1.165, 1.54) is 0 Å². The van der Waals surface area contributed by atoms with Gasteiger partial charge in [0.15, 0.2) is 0 Å². The van der Waals surface area contributed by atoms with E-state index in [-0.39, 0.29) is 12.5 Å². The Kier molecular flexibility index (Phi) is 4.72. The minimum absolute atomic E-state index is 0.00473. The lowest BCUT2D eigenvalue weighted by Crippen LogP contribution is -2.26. The van der Waals surface area contributed by atoms with Crippen molar-refractivity contribution in [2.45, 2.75) is 13.0 Å². The van der Waals surface area contributed by atoms with Gasteiger partial charge >= 0.3 is 0 Å². The number of aromatic nitrogens is 1. The molecular weight excluding hydrogens is 206 g/mol. The first-order chi connectivity index (χ1) is 7.67. The first-order valence-corrected chi connectivity index (χ1v) is 5.15. The summed E-state index contributed by atoms with van der Waals surface area (Å²) in [6.07, 6.45) is 2.07. The highest BCUT2D eigenvalue weighted by molar-refractivity contribution is 5.76. The highest BCUT2D eigenvalue weighted by Crippen LogP contribution is 2.09. The van der Waals surface area contributed by atoms with E-state index in [2.05, 4.69) is 10.3 Å². The number of hydrogen-bond acceptors (Lipinski definition) is 4. The van der Waals surface area contributed by atoms with Crippen LogP contribution < -0.4 is 10.2 Å². The van der Waals surface area contributed by atoms with Crippen LogP contribution in [-0.4, -0.2) is 36.6 Å². The molecule has 5 heteroatoms. The summed E-state index contributed by atoms with van der Waals surface area (Å²) in [5.74, 6) is 0.805. The number of hydrogen-bond donors (Lipinski definition) is 2. The molecule has 5 nitrogen and oxygen atoms in total. The summed E-state index contributed by atoms with van der Waals surface area (Å²) in [6, 6.07) is 3.65. The molecule has 0 bridgehead atoms. The van der Waals surface area contributed by atoms with Gasteiger partial charge in [0.2, 0.25) is 5.91 Å². The highest BCUT2D eigenvalue weighted by Gasteiger charge is 2.04. The molecule has 16 heavy (non-hydrogen) atoms. The van der Waals surface area contributed by atoms with Gasteiger partial charge in [-0.25, -0.2) is 4.98 Å². The fraction of sp³-hybridized carbons (Fsp3) is 0.455. The van der Waals surface area contributed by atoms with Crippen molar-refractivity contribution in [1.82, 2.24) is 10.3 Å². The molecular formula is C11H17N3O2. The summed E-state index contributed by atoms with van der Waals surface area (Å²) in [6.45, 7) is 0.611. The van der Waals surface area contributed by atoms with E-state index < -0.39 is 0 Å². The predicted octanol–water partition coefficient (Wildman–Crippen LogP) is 0.146. The first kappa shape index (κ1) is 12.4.